The molecule has 4 heteroatoms. The van der Waals surface area contributed by atoms with Gasteiger partial charge >= 0.3 is 0 Å². The molecule has 0 unspecified atom stereocenters. The first-order chi connectivity index (χ1) is 10.8. The van der Waals surface area contributed by atoms with Crippen molar-refractivity contribution in [1.29, 1.82) is 0 Å². The fraction of sp³-hybridized carbons (Fsp3) is 0.389. The summed E-state index contributed by atoms with van der Waals surface area (Å²) >= 11 is 1.71. The standard InChI is InChI=1S/C18H24N2OS/c1-2-3-11-19-13-18(21)20(15-17-10-7-12-22-17)14-16-8-5-4-6-9-16/h4-10,12,19H,2-3,11,13-15H2,1H3/p+1. The number of amides is 1. The third kappa shape index (κ3) is 5.62. The Kier molecular flexibility index (Phi) is 7.13. The predicted molar refractivity (Wildman–Crippen MR) is 91.6 cm³/mol. The monoisotopic (exact) mass is 317 g/mol. The minimum absolute atomic E-state index is 0.216. The number of unbranched alkanes of at least 4 members (excludes halogenated alkanes) is 1. The number of benzene rings is 1. The Morgan fingerprint density at radius 1 is 1.14 bits per heavy atom. The Balaban J connectivity index is 1.96. The predicted octanol–water partition coefficient (Wildman–Crippen LogP) is 2.64. The number of rotatable bonds is 9. The third-order valence-electron chi connectivity index (χ3n) is 3.58. The Bertz CT molecular complexity index is 539. The molecule has 3 nitrogen and oxygen atoms in total. The van der Waals surface area contributed by atoms with E-state index in [0.717, 1.165) is 13.0 Å². The van der Waals surface area contributed by atoms with Crippen molar-refractivity contribution in [1.82, 2.24) is 4.90 Å². The maximum Gasteiger partial charge on any atom is 0.278 e. The van der Waals surface area contributed by atoms with E-state index in [2.05, 4.69) is 35.8 Å². The molecule has 0 bridgehead atoms. The number of nitrogens with two attached hydrogens (primary N) is 1. The molecular formula is C18H25N2OS+. The summed E-state index contributed by atoms with van der Waals surface area (Å²) in [5, 5.41) is 4.19. The molecule has 0 aliphatic carbocycles. The van der Waals surface area contributed by atoms with Crippen LogP contribution in [0.4, 0.5) is 0 Å². The first-order valence-electron chi connectivity index (χ1n) is 7.95. The summed E-state index contributed by atoms with van der Waals surface area (Å²) in [4.78, 5) is 15.7. The molecule has 2 N–H and O–H groups in total. The van der Waals surface area contributed by atoms with E-state index in [-0.39, 0.29) is 5.91 Å². The molecule has 2 aromatic rings. The van der Waals surface area contributed by atoms with Crippen LogP contribution in [0.15, 0.2) is 47.8 Å². The summed E-state index contributed by atoms with van der Waals surface area (Å²) in [6.45, 7) is 5.12. The van der Waals surface area contributed by atoms with Crippen molar-refractivity contribution in [3.63, 3.8) is 0 Å². The number of thiophene rings is 1. The van der Waals surface area contributed by atoms with E-state index in [1.165, 1.54) is 16.9 Å². The summed E-state index contributed by atoms with van der Waals surface area (Å²) in [6.07, 6.45) is 2.34. The minimum Gasteiger partial charge on any atom is -0.338 e. The van der Waals surface area contributed by atoms with Crippen LogP contribution in [0.1, 0.15) is 30.2 Å². The summed E-state index contributed by atoms with van der Waals surface area (Å²) in [5.74, 6) is 0.216. The quantitative estimate of drug-likeness (QED) is 0.709. The maximum atomic E-state index is 12.5. The van der Waals surface area contributed by atoms with Gasteiger partial charge in [0.15, 0.2) is 6.54 Å². The fourth-order valence-electron chi connectivity index (χ4n) is 2.33. The van der Waals surface area contributed by atoms with Crippen LogP contribution in [0.3, 0.4) is 0 Å². The highest BCUT2D eigenvalue weighted by atomic mass is 32.1. The van der Waals surface area contributed by atoms with Crippen LogP contribution < -0.4 is 5.32 Å². The highest BCUT2D eigenvalue weighted by Crippen LogP contribution is 2.14. The van der Waals surface area contributed by atoms with Crippen molar-refractivity contribution >= 4 is 17.2 Å². The van der Waals surface area contributed by atoms with E-state index in [0.29, 0.717) is 19.6 Å². The van der Waals surface area contributed by atoms with Gasteiger partial charge in [-0.1, -0.05) is 49.7 Å². The number of hydrogen-bond acceptors (Lipinski definition) is 2. The van der Waals surface area contributed by atoms with Crippen LogP contribution in [-0.2, 0) is 17.9 Å². The van der Waals surface area contributed by atoms with E-state index in [4.69, 9.17) is 0 Å². The Morgan fingerprint density at radius 3 is 2.64 bits per heavy atom. The first kappa shape index (κ1) is 16.7. The number of quaternary nitrogens is 1. The molecule has 0 spiro atoms. The van der Waals surface area contributed by atoms with Gasteiger partial charge in [0.1, 0.15) is 0 Å². The Morgan fingerprint density at radius 2 is 1.95 bits per heavy atom. The highest BCUT2D eigenvalue weighted by molar-refractivity contribution is 7.09. The van der Waals surface area contributed by atoms with Crippen molar-refractivity contribution in [2.45, 2.75) is 32.9 Å². The lowest BCUT2D eigenvalue weighted by Crippen LogP contribution is -2.86. The van der Waals surface area contributed by atoms with Gasteiger partial charge in [0, 0.05) is 11.4 Å². The molecular weight excluding hydrogens is 292 g/mol. The van der Waals surface area contributed by atoms with Crippen LogP contribution in [-0.4, -0.2) is 23.9 Å². The smallest absolute Gasteiger partial charge is 0.278 e. The number of nitrogens with zero attached hydrogens (tertiary/aromatic N) is 1. The molecule has 0 aliphatic rings. The van der Waals surface area contributed by atoms with Gasteiger partial charge in [-0.25, -0.2) is 0 Å². The minimum atomic E-state index is 0.216. The second kappa shape index (κ2) is 9.38. The summed E-state index contributed by atoms with van der Waals surface area (Å²) < 4.78 is 0. The second-order valence-electron chi connectivity index (χ2n) is 5.45. The second-order valence-corrected chi connectivity index (χ2v) is 6.48. The van der Waals surface area contributed by atoms with E-state index in [1.54, 1.807) is 11.3 Å². The molecule has 22 heavy (non-hydrogen) atoms. The molecule has 0 aliphatic heterocycles. The Labute approximate surface area is 137 Å². The van der Waals surface area contributed by atoms with Crippen LogP contribution in [0.2, 0.25) is 0 Å². The van der Waals surface area contributed by atoms with Crippen molar-refractivity contribution in [3.05, 3.63) is 58.3 Å². The van der Waals surface area contributed by atoms with Gasteiger partial charge in [-0.3, -0.25) is 4.79 Å². The normalized spacial score (nSPS) is 10.6. The molecule has 1 aromatic carbocycles. The molecule has 1 heterocycles. The van der Waals surface area contributed by atoms with E-state index < -0.39 is 0 Å². The number of carbonyl (C=O) groups is 1. The summed E-state index contributed by atoms with van der Waals surface area (Å²) in [7, 11) is 0. The number of carbonyl (C=O) groups excluding carboxylic acids is 1. The van der Waals surface area contributed by atoms with Crippen molar-refractivity contribution in [2.75, 3.05) is 13.1 Å². The lowest BCUT2D eigenvalue weighted by Gasteiger charge is -2.21. The molecule has 0 saturated carbocycles. The SMILES string of the molecule is CCCC[NH2+]CC(=O)N(Cc1ccccc1)Cc1cccs1. The van der Waals surface area contributed by atoms with Gasteiger partial charge in [0.05, 0.1) is 13.1 Å². The van der Waals surface area contributed by atoms with Crippen molar-refractivity contribution in [3.8, 4) is 0 Å². The van der Waals surface area contributed by atoms with E-state index in [1.807, 2.05) is 29.2 Å². The van der Waals surface area contributed by atoms with Gasteiger partial charge in [0.2, 0.25) is 0 Å². The van der Waals surface area contributed by atoms with Gasteiger partial charge in [-0.15, -0.1) is 11.3 Å². The van der Waals surface area contributed by atoms with Crippen LogP contribution in [0.5, 0.6) is 0 Å². The van der Waals surface area contributed by atoms with Gasteiger partial charge in [-0.2, -0.15) is 0 Å². The zero-order valence-corrected chi connectivity index (χ0v) is 14.0. The largest absolute Gasteiger partial charge is 0.338 e. The topological polar surface area (TPSA) is 36.9 Å². The zero-order valence-electron chi connectivity index (χ0n) is 13.2. The lowest BCUT2D eigenvalue weighted by molar-refractivity contribution is -0.644. The average Bonchev–Trinajstić information content (AvgIpc) is 3.05. The zero-order chi connectivity index (χ0) is 15.6. The van der Waals surface area contributed by atoms with Gasteiger partial charge < -0.3 is 10.2 Å². The average molecular weight is 317 g/mol. The van der Waals surface area contributed by atoms with Crippen LogP contribution in [0, 0.1) is 0 Å². The maximum absolute atomic E-state index is 12.5. The van der Waals surface area contributed by atoms with E-state index >= 15 is 0 Å². The van der Waals surface area contributed by atoms with Crippen LogP contribution >= 0.6 is 11.3 Å². The van der Waals surface area contributed by atoms with Crippen molar-refractivity contribution in [2.24, 2.45) is 0 Å². The van der Waals surface area contributed by atoms with Gasteiger partial charge in [-0.05, 0) is 23.4 Å². The molecule has 2 rings (SSSR count). The molecule has 0 radical (unpaired) electrons. The number of hydrogen-bond donors (Lipinski definition) is 1. The lowest BCUT2D eigenvalue weighted by atomic mass is 10.2. The third-order valence-corrected chi connectivity index (χ3v) is 4.44. The molecule has 0 fully saturated rings. The molecule has 0 saturated heterocycles. The first-order valence-corrected chi connectivity index (χ1v) is 8.83. The Hall–Kier alpha value is -1.65. The van der Waals surface area contributed by atoms with E-state index in [9.17, 15) is 4.79 Å². The summed E-state index contributed by atoms with van der Waals surface area (Å²) in [5.41, 5.74) is 1.18. The fourth-order valence-corrected chi connectivity index (χ4v) is 3.05. The molecule has 0 atom stereocenters. The van der Waals surface area contributed by atoms with Gasteiger partial charge in [0.25, 0.3) is 5.91 Å². The van der Waals surface area contributed by atoms with Crippen LogP contribution in [0.25, 0.3) is 0 Å². The molecule has 1 aromatic heterocycles. The molecule has 1 amide bonds. The highest BCUT2D eigenvalue weighted by Gasteiger charge is 2.16. The molecule has 118 valence electrons. The summed E-state index contributed by atoms with van der Waals surface area (Å²) in [6, 6.07) is 14.3. The van der Waals surface area contributed by atoms with Crippen molar-refractivity contribution < 1.29 is 10.1 Å².